The molecule has 0 saturated carbocycles. The molecule has 1 heterocycles. The van der Waals surface area contributed by atoms with Crippen molar-refractivity contribution < 1.29 is 29.1 Å². The van der Waals surface area contributed by atoms with Crippen LogP contribution in [-0.2, 0) is 24.0 Å². The number of thiol groups is 2. The van der Waals surface area contributed by atoms with E-state index < -0.39 is 47.7 Å². The topological polar surface area (TPSA) is 145 Å². The molecule has 1 aliphatic rings. The van der Waals surface area contributed by atoms with Crippen molar-refractivity contribution in [2.45, 2.75) is 37.9 Å². The molecule has 0 aliphatic carbocycles. The highest BCUT2D eigenvalue weighted by atomic mass is 32.1. The van der Waals surface area contributed by atoms with Crippen molar-refractivity contribution in [3.63, 3.8) is 0 Å². The molecule has 0 bridgehead atoms. The molecule has 0 aromatic carbocycles. The molecule has 152 valence electrons. The summed E-state index contributed by atoms with van der Waals surface area (Å²) in [6, 6.07) is -2.82. The molecule has 27 heavy (non-hydrogen) atoms. The van der Waals surface area contributed by atoms with Crippen LogP contribution >= 0.6 is 25.3 Å². The minimum atomic E-state index is -1.21. The first kappa shape index (κ1) is 23.1. The second-order valence-electron chi connectivity index (χ2n) is 5.98. The second kappa shape index (κ2) is 11.0. The lowest BCUT2D eigenvalue weighted by molar-refractivity contribution is -0.143. The molecule has 0 aromatic rings. The normalized spacial score (nSPS) is 18.3. The highest BCUT2D eigenvalue weighted by Gasteiger charge is 2.35. The molecular weight excluding hydrogens is 396 g/mol. The lowest BCUT2D eigenvalue weighted by atomic mass is 10.2. The van der Waals surface area contributed by atoms with Gasteiger partial charge in [-0.05, 0) is 12.8 Å². The van der Waals surface area contributed by atoms with Crippen LogP contribution < -0.4 is 16.0 Å². The van der Waals surface area contributed by atoms with Gasteiger partial charge in [-0.15, -0.1) is 0 Å². The summed E-state index contributed by atoms with van der Waals surface area (Å²) in [6.45, 7) is 1.24. The first-order valence-electron chi connectivity index (χ1n) is 8.30. The number of hydrogen-bond acceptors (Lipinski definition) is 7. The lowest BCUT2D eigenvalue weighted by Crippen LogP contribution is -2.54. The van der Waals surface area contributed by atoms with Crippen molar-refractivity contribution in [3.05, 3.63) is 0 Å². The molecule has 0 aromatic heterocycles. The fraction of sp³-hybridized carbons (Fsp3) is 0.667. The van der Waals surface area contributed by atoms with Gasteiger partial charge in [-0.2, -0.15) is 25.3 Å². The summed E-state index contributed by atoms with van der Waals surface area (Å²) in [7, 11) is 0. The van der Waals surface area contributed by atoms with Crippen LogP contribution in [0.3, 0.4) is 0 Å². The molecule has 0 spiro atoms. The zero-order chi connectivity index (χ0) is 20.6. The van der Waals surface area contributed by atoms with E-state index in [1.807, 2.05) is 0 Å². The predicted octanol–water partition coefficient (Wildman–Crippen LogP) is -1.97. The quantitative estimate of drug-likeness (QED) is 0.239. The number of aliphatic carboxylic acids is 1. The summed E-state index contributed by atoms with van der Waals surface area (Å²) >= 11 is 7.87. The summed E-state index contributed by atoms with van der Waals surface area (Å²) in [5.41, 5.74) is 0. The molecule has 1 saturated heterocycles. The average molecular weight is 421 g/mol. The van der Waals surface area contributed by atoms with Crippen LogP contribution in [-0.4, -0.2) is 82.3 Å². The van der Waals surface area contributed by atoms with Crippen molar-refractivity contribution in [2.75, 3.05) is 24.6 Å². The van der Waals surface area contributed by atoms with Crippen LogP contribution in [0, 0.1) is 0 Å². The predicted molar refractivity (Wildman–Crippen MR) is 103 cm³/mol. The first-order valence-corrected chi connectivity index (χ1v) is 9.56. The largest absolute Gasteiger partial charge is 0.480 e. The van der Waals surface area contributed by atoms with Gasteiger partial charge in [0.05, 0.1) is 6.54 Å². The van der Waals surface area contributed by atoms with Gasteiger partial charge >= 0.3 is 5.97 Å². The summed E-state index contributed by atoms with van der Waals surface area (Å²) in [6.07, 6.45) is 0.983. The van der Waals surface area contributed by atoms with Crippen molar-refractivity contribution in [1.82, 2.24) is 20.9 Å². The maximum atomic E-state index is 12.4. The molecule has 3 atom stereocenters. The van der Waals surface area contributed by atoms with Crippen molar-refractivity contribution in [2.24, 2.45) is 0 Å². The van der Waals surface area contributed by atoms with Gasteiger partial charge in [0.1, 0.15) is 18.1 Å². The number of carbonyl (C=O) groups excluding carboxylic acids is 4. The third kappa shape index (κ3) is 6.94. The third-order valence-corrected chi connectivity index (χ3v) is 4.69. The van der Waals surface area contributed by atoms with Crippen LogP contribution in [0.5, 0.6) is 0 Å². The minimum absolute atomic E-state index is 0.0641. The number of carboxylic acid groups (broad SMARTS) is 1. The fourth-order valence-corrected chi connectivity index (χ4v) is 3.12. The zero-order valence-electron chi connectivity index (χ0n) is 14.8. The van der Waals surface area contributed by atoms with Crippen LogP contribution in [0.25, 0.3) is 0 Å². The monoisotopic (exact) mass is 420 g/mol. The van der Waals surface area contributed by atoms with E-state index in [0.29, 0.717) is 19.4 Å². The molecule has 1 aliphatic heterocycles. The summed E-state index contributed by atoms with van der Waals surface area (Å²) in [4.78, 5) is 60.1. The Balaban J connectivity index is 2.62. The Labute approximate surface area is 167 Å². The van der Waals surface area contributed by atoms with Gasteiger partial charge in [-0.1, -0.05) is 0 Å². The molecular formula is C15H24N4O6S2. The zero-order valence-corrected chi connectivity index (χ0v) is 16.6. The SMILES string of the molecule is CC(=O)N[C@@H](CS)C(=O)NCC(=O)N1CCC[C@H]1C(=O)N[C@@H](CS)C(=O)O. The Morgan fingerprint density at radius 3 is 2.26 bits per heavy atom. The number of carboxylic acids is 1. The van der Waals surface area contributed by atoms with Crippen LogP contribution in [0.15, 0.2) is 0 Å². The number of rotatable bonds is 9. The van der Waals surface area contributed by atoms with E-state index in [2.05, 4.69) is 41.2 Å². The van der Waals surface area contributed by atoms with E-state index in [-0.39, 0.29) is 18.1 Å². The van der Waals surface area contributed by atoms with E-state index in [4.69, 9.17) is 5.11 Å². The van der Waals surface area contributed by atoms with Gasteiger partial charge in [0.15, 0.2) is 0 Å². The Morgan fingerprint density at radius 2 is 1.74 bits per heavy atom. The molecule has 4 amide bonds. The molecule has 12 heteroatoms. The van der Waals surface area contributed by atoms with Crippen LogP contribution in [0.1, 0.15) is 19.8 Å². The molecule has 10 nitrogen and oxygen atoms in total. The standard InChI is InChI=1S/C15H24N4O6S2/c1-8(20)17-9(6-26)13(22)16-5-12(21)19-4-2-3-11(19)14(23)18-10(7-27)15(24)25/h9-11,26-27H,2-7H2,1H3,(H,16,22)(H,17,20)(H,18,23)(H,24,25)/t9-,10-,11-/m0/s1. The van der Waals surface area contributed by atoms with Gasteiger partial charge in [-0.3, -0.25) is 19.2 Å². The van der Waals surface area contributed by atoms with Gasteiger partial charge in [0.2, 0.25) is 23.6 Å². The van der Waals surface area contributed by atoms with E-state index in [1.165, 1.54) is 11.8 Å². The highest BCUT2D eigenvalue weighted by Crippen LogP contribution is 2.17. The number of hydrogen-bond donors (Lipinski definition) is 6. The molecule has 1 rings (SSSR count). The summed E-state index contributed by atoms with van der Waals surface area (Å²) in [5, 5.41) is 16.2. The van der Waals surface area contributed by atoms with Crippen molar-refractivity contribution >= 4 is 54.9 Å². The van der Waals surface area contributed by atoms with Gasteiger partial charge in [-0.25, -0.2) is 4.79 Å². The Bertz CT molecular complexity index is 603. The van der Waals surface area contributed by atoms with E-state index in [1.54, 1.807) is 0 Å². The first-order chi connectivity index (χ1) is 12.7. The Hall–Kier alpha value is -1.95. The van der Waals surface area contributed by atoms with Gasteiger partial charge in [0.25, 0.3) is 0 Å². The number of nitrogens with zero attached hydrogens (tertiary/aromatic N) is 1. The summed E-state index contributed by atoms with van der Waals surface area (Å²) in [5.74, 6) is -3.23. The number of likely N-dealkylation sites (tertiary alicyclic amines) is 1. The van der Waals surface area contributed by atoms with Crippen LogP contribution in [0.4, 0.5) is 0 Å². The fourth-order valence-electron chi connectivity index (χ4n) is 2.62. The highest BCUT2D eigenvalue weighted by molar-refractivity contribution is 7.80. The molecule has 0 radical (unpaired) electrons. The van der Waals surface area contributed by atoms with E-state index in [0.717, 1.165) is 0 Å². The Morgan fingerprint density at radius 1 is 1.11 bits per heavy atom. The van der Waals surface area contributed by atoms with E-state index >= 15 is 0 Å². The van der Waals surface area contributed by atoms with Crippen molar-refractivity contribution in [3.8, 4) is 0 Å². The number of carbonyl (C=O) groups is 5. The van der Waals surface area contributed by atoms with Crippen LogP contribution in [0.2, 0.25) is 0 Å². The molecule has 0 unspecified atom stereocenters. The Kier molecular flexibility index (Phi) is 9.43. The molecule has 4 N–H and O–H groups in total. The maximum Gasteiger partial charge on any atom is 0.327 e. The van der Waals surface area contributed by atoms with Crippen molar-refractivity contribution in [1.29, 1.82) is 0 Å². The maximum absolute atomic E-state index is 12.4. The van der Waals surface area contributed by atoms with E-state index in [9.17, 15) is 24.0 Å². The number of nitrogens with one attached hydrogen (secondary N) is 3. The lowest BCUT2D eigenvalue weighted by Gasteiger charge is -2.25. The van der Waals surface area contributed by atoms with Gasteiger partial charge < -0.3 is 26.0 Å². The number of amides is 4. The smallest absolute Gasteiger partial charge is 0.327 e. The van der Waals surface area contributed by atoms with Gasteiger partial charge in [0, 0.05) is 25.0 Å². The second-order valence-corrected chi connectivity index (χ2v) is 6.71. The minimum Gasteiger partial charge on any atom is -0.480 e. The molecule has 1 fully saturated rings. The third-order valence-electron chi connectivity index (χ3n) is 3.96. The summed E-state index contributed by atoms with van der Waals surface area (Å²) < 4.78 is 0. The average Bonchev–Trinajstić information content (AvgIpc) is 3.11.